The van der Waals surface area contributed by atoms with Gasteiger partial charge in [-0.2, -0.15) is 0 Å². The molecule has 2 aromatic rings. The Kier molecular flexibility index (Phi) is 4.60. The van der Waals surface area contributed by atoms with Crippen LogP contribution >= 0.6 is 0 Å². The predicted molar refractivity (Wildman–Crippen MR) is 85.6 cm³/mol. The largest absolute Gasteiger partial charge is 0.383 e. The highest BCUT2D eigenvalue weighted by atomic mass is 16.5. The molecule has 0 amide bonds. The van der Waals surface area contributed by atoms with Gasteiger partial charge in [0.1, 0.15) is 5.82 Å². The molecule has 0 saturated heterocycles. The van der Waals surface area contributed by atoms with Gasteiger partial charge in [-0.3, -0.25) is 4.98 Å². The van der Waals surface area contributed by atoms with Gasteiger partial charge < -0.3 is 15.4 Å². The van der Waals surface area contributed by atoms with Crippen LogP contribution in [-0.4, -0.2) is 41.3 Å². The summed E-state index contributed by atoms with van der Waals surface area (Å²) in [7, 11) is 1.71. The van der Waals surface area contributed by atoms with Crippen LogP contribution in [0.2, 0.25) is 0 Å². The van der Waals surface area contributed by atoms with E-state index >= 15 is 0 Å². The molecule has 1 atom stereocenters. The van der Waals surface area contributed by atoms with Crippen LogP contribution < -0.4 is 10.6 Å². The number of anilines is 1. The average molecular weight is 299 g/mol. The molecule has 3 rings (SSSR count). The molecule has 116 valence electrons. The molecule has 2 aromatic heterocycles. The van der Waals surface area contributed by atoms with Crippen molar-refractivity contribution in [3.8, 4) is 11.4 Å². The molecule has 22 heavy (non-hydrogen) atoms. The summed E-state index contributed by atoms with van der Waals surface area (Å²) in [5.41, 5.74) is 3.19. The number of hydrogen-bond acceptors (Lipinski definition) is 6. The molecular formula is C16H21N5O. The van der Waals surface area contributed by atoms with Gasteiger partial charge in [-0.15, -0.1) is 0 Å². The van der Waals surface area contributed by atoms with Gasteiger partial charge in [-0.1, -0.05) is 0 Å². The monoisotopic (exact) mass is 299 g/mol. The first-order chi connectivity index (χ1) is 10.8. The molecule has 1 aliphatic rings. The van der Waals surface area contributed by atoms with Crippen LogP contribution in [0.5, 0.6) is 0 Å². The summed E-state index contributed by atoms with van der Waals surface area (Å²) in [6.45, 7) is 4.45. The maximum Gasteiger partial charge on any atom is 0.163 e. The van der Waals surface area contributed by atoms with Crippen LogP contribution in [0.3, 0.4) is 0 Å². The number of nitrogens with zero attached hydrogens (tertiary/aromatic N) is 3. The van der Waals surface area contributed by atoms with Crippen molar-refractivity contribution in [3.05, 3.63) is 35.8 Å². The first kappa shape index (κ1) is 14.9. The maximum absolute atomic E-state index is 5.21. The third-order valence-corrected chi connectivity index (χ3v) is 3.66. The molecule has 0 unspecified atom stereocenters. The molecule has 0 radical (unpaired) electrons. The molecular weight excluding hydrogens is 278 g/mol. The highest BCUT2D eigenvalue weighted by Crippen LogP contribution is 2.25. The number of methoxy groups -OCH3 is 1. The lowest BCUT2D eigenvalue weighted by atomic mass is 10.1. The zero-order valence-corrected chi connectivity index (χ0v) is 13.0. The first-order valence-electron chi connectivity index (χ1n) is 7.54. The van der Waals surface area contributed by atoms with Gasteiger partial charge >= 0.3 is 0 Å². The fourth-order valence-electron chi connectivity index (χ4n) is 2.63. The van der Waals surface area contributed by atoms with E-state index in [0.29, 0.717) is 12.4 Å². The van der Waals surface area contributed by atoms with Gasteiger partial charge in [0.2, 0.25) is 0 Å². The van der Waals surface area contributed by atoms with Crippen molar-refractivity contribution in [2.75, 3.05) is 25.6 Å². The minimum absolute atomic E-state index is 0.195. The summed E-state index contributed by atoms with van der Waals surface area (Å²) in [5.74, 6) is 1.62. The van der Waals surface area contributed by atoms with Crippen molar-refractivity contribution >= 4 is 5.82 Å². The number of nitrogens with one attached hydrogen (secondary N) is 2. The zero-order valence-electron chi connectivity index (χ0n) is 13.0. The SMILES string of the molecule is COC[C@H](C)Nc1nc(-c2cccnc2)nc2c1CCNC2. The van der Waals surface area contributed by atoms with E-state index in [9.17, 15) is 0 Å². The van der Waals surface area contributed by atoms with E-state index in [1.165, 1.54) is 5.56 Å². The highest BCUT2D eigenvalue weighted by Gasteiger charge is 2.19. The first-order valence-corrected chi connectivity index (χ1v) is 7.54. The summed E-state index contributed by atoms with van der Waals surface area (Å²) in [6.07, 6.45) is 4.48. The molecule has 1 aliphatic heterocycles. The minimum atomic E-state index is 0.195. The van der Waals surface area contributed by atoms with Crippen molar-refractivity contribution in [1.82, 2.24) is 20.3 Å². The van der Waals surface area contributed by atoms with E-state index in [0.717, 1.165) is 36.6 Å². The van der Waals surface area contributed by atoms with Gasteiger partial charge in [0.05, 0.1) is 12.3 Å². The molecule has 0 aliphatic carbocycles. The quantitative estimate of drug-likeness (QED) is 0.874. The van der Waals surface area contributed by atoms with Gasteiger partial charge in [0.15, 0.2) is 5.82 Å². The van der Waals surface area contributed by atoms with Crippen molar-refractivity contribution in [3.63, 3.8) is 0 Å². The summed E-state index contributed by atoms with van der Waals surface area (Å²) in [5, 5.41) is 6.82. The number of rotatable bonds is 5. The van der Waals surface area contributed by atoms with Gasteiger partial charge in [-0.25, -0.2) is 9.97 Å². The third kappa shape index (κ3) is 3.23. The molecule has 6 nitrogen and oxygen atoms in total. The van der Waals surface area contributed by atoms with E-state index in [-0.39, 0.29) is 6.04 Å². The second-order valence-corrected chi connectivity index (χ2v) is 5.49. The zero-order chi connectivity index (χ0) is 15.4. The highest BCUT2D eigenvalue weighted by molar-refractivity contribution is 5.59. The standard InChI is InChI=1S/C16H21N5O/c1-11(10-22-2)19-16-13-5-7-18-9-14(13)20-15(21-16)12-4-3-6-17-8-12/h3-4,6,8,11,18H,5,7,9-10H2,1-2H3,(H,19,20,21)/t11-/m0/s1. The Morgan fingerprint density at radius 2 is 2.32 bits per heavy atom. The Labute approximate surface area is 130 Å². The molecule has 2 N–H and O–H groups in total. The molecule has 0 spiro atoms. The predicted octanol–water partition coefficient (Wildman–Crippen LogP) is 1.63. The van der Waals surface area contributed by atoms with Gasteiger partial charge in [0, 0.05) is 43.2 Å². The minimum Gasteiger partial charge on any atom is -0.383 e. The van der Waals surface area contributed by atoms with Crippen molar-refractivity contribution in [1.29, 1.82) is 0 Å². The van der Waals surface area contributed by atoms with Crippen LogP contribution in [-0.2, 0) is 17.7 Å². The molecule has 6 heteroatoms. The molecule has 3 heterocycles. The lowest BCUT2D eigenvalue weighted by Gasteiger charge is -2.22. The Hall–Kier alpha value is -2.05. The topological polar surface area (TPSA) is 72.0 Å². The maximum atomic E-state index is 5.21. The Bertz CT molecular complexity index is 632. The number of hydrogen-bond donors (Lipinski definition) is 2. The average Bonchev–Trinajstić information content (AvgIpc) is 2.56. The van der Waals surface area contributed by atoms with Crippen LogP contribution in [0.1, 0.15) is 18.2 Å². The third-order valence-electron chi connectivity index (χ3n) is 3.66. The summed E-state index contributed by atoms with van der Waals surface area (Å²) < 4.78 is 5.21. The number of fused-ring (bicyclic) bond motifs is 1. The fraction of sp³-hybridized carbons (Fsp3) is 0.438. The second-order valence-electron chi connectivity index (χ2n) is 5.49. The Morgan fingerprint density at radius 3 is 3.09 bits per heavy atom. The van der Waals surface area contributed by atoms with Crippen LogP contribution in [0.15, 0.2) is 24.5 Å². The smallest absolute Gasteiger partial charge is 0.163 e. The van der Waals surface area contributed by atoms with E-state index < -0.39 is 0 Å². The lowest BCUT2D eigenvalue weighted by Crippen LogP contribution is -2.29. The molecule has 0 fully saturated rings. The van der Waals surface area contributed by atoms with E-state index in [4.69, 9.17) is 14.7 Å². The summed E-state index contributed by atoms with van der Waals surface area (Å²) in [6, 6.07) is 4.07. The normalized spacial score (nSPS) is 15.2. The van der Waals surface area contributed by atoms with Crippen molar-refractivity contribution in [2.45, 2.75) is 25.9 Å². The van der Waals surface area contributed by atoms with Crippen LogP contribution in [0, 0.1) is 0 Å². The molecule has 0 aromatic carbocycles. The van der Waals surface area contributed by atoms with Gasteiger partial charge in [0.25, 0.3) is 0 Å². The summed E-state index contributed by atoms with van der Waals surface area (Å²) in [4.78, 5) is 13.6. The number of pyridine rings is 1. The van der Waals surface area contributed by atoms with Crippen LogP contribution in [0.4, 0.5) is 5.82 Å². The van der Waals surface area contributed by atoms with Gasteiger partial charge in [-0.05, 0) is 32.0 Å². The van der Waals surface area contributed by atoms with Crippen molar-refractivity contribution in [2.24, 2.45) is 0 Å². The lowest BCUT2D eigenvalue weighted by molar-refractivity contribution is 0.190. The molecule has 0 saturated carbocycles. The van der Waals surface area contributed by atoms with Crippen LogP contribution in [0.25, 0.3) is 11.4 Å². The summed E-state index contributed by atoms with van der Waals surface area (Å²) >= 11 is 0. The fourth-order valence-corrected chi connectivity index (χ4v) is 2.63. The Balaban J connectivity index is 1.99. The number of aromatic nitrogens is 3. The van der Waals surface area contributed by atoms with E-state index in [1.54, 1.807) is 19.5 Å². The second kappa shape index (κ2) is 6.81. The van der Waals surface area contributed by atoms with E-state index in [2.05, 4.69) is 22.5 Å². The van der Waals surface area contributed by atoms with E-state index in [1.807, 2.05) is 12.1 Å². The van der Waals surface area contributed by atoms with Crippen molar-refractivity contribution < 1.29 is 4.74 Å². The molecule has 0 bridgehead atoms. The Morgan fingerprint density at radius 1 is 1.41 bits per heavy atom. The number of ether oxygens (including phenoxy) is 1.